The number of rotatable bonds is 6. The summed E-state index contributed by atoms with van der Waals surface area (Å²) in [5.74, 6) is -4.06. The van der Waals surface area contributed by atoms with Gasteiger partial charge >= 0.3 is 0 Å². The molecule has 25 heavy (non-hydrogen) atoms. The predicted octanol–water partition coefficient (Wildman–Crippen LogP) is 4.16. The second kappa shape index (κ2) is 8.23. The van der Waals surface area contributed by atoms with Crippen LogP contribution in [-0.4, -0.2) is 19.6 Å². The molecule has 2 rings (SSSR count). The number of benzene rings is 2. The number of carbonyl (C=O) groups is 1. The van der Waals surface area contributed by atoms with Gasteiger partial charge in [0.05, 0.1) is 19.4 Å². The fourth-order valence-electron chi connectivity index (χ4n) is 2.03. The number of anilines is 1. The molecule has 0 saturated heterocycles. The average molecular weight is 351 g/mol. The molecular formula is C18H16F3NO3. The molecule has 0 heterocycles. The molecule has 0 saturated carbocycles. The molecule has 7 heteroatoms. The highest BCUT2D eigenvalue weighted by Gasteiger charge is 2.14. The third kappa shape index (κ3) is 4.53. The molecular weight excluding hydrogens is 335 g/mol. The van der Waals surface area contributed by atoms with Gasteiger partial charge in [-0.1, -0.05) is 6.07 Å². The first-order valence-corrected chi connectivity index (χ1v) is 7.39. The minimum atomic E-state index is -1.64. The summed E-state index contributed by atoms with van der Waals surface area (Å²) in [5.41, 5.74) is 0.194. The standard InChI is InChI=1S/C18H16F3NO3/c1-3-25-14-8-4-11(10-15(14)24-2)5-9-16(23)22-13-7-6-12(19)17(20)18(13)21/h4-10H,3H2,1-2H3,(H,22,23)/b9-5+. The lowest BCUT2D eigenvalue weighted by molar-refractivity contribution is -0.111. The van der Waals surface area contributed by atoms with Crippen LogP contribution in [0.15, 0.2) is 36.4 Å². The predicted molar refractivity (Wildman–Crippen MR) is 88.1 cm³/mol. The zero-order valence-electron chi connectivity index (χ0n) is 13.6. The first-order valence-electron chi connectivity index (χ1n) is 7.39. The Morgan fingerprint density at radius 2 is 1.88 bits per heavy atom. The fraction of sp³-hybridized carbons (Fsp3) is 0.167. The highest BCUT2D eigenvalue weighted by molar-refractivity contribution is 6.02. The summed E-state index contributed by atoms with van der Waals surface area (Å²) in [6.07, 6.45) is 2.60. The van der Waals surface area contributed by atoms with Crippen molar-refractivity contribution in [3.05, 3.63) is 59.4 Å². The minimum absolute atomic E-state index is 0.446. The minimum Gasteiger partial charge on any atom is -0.493 e. The van der Waals surface area contributed by atoms with Crippen LogP contribution in [0.4, 0.5) is 18.9 Å². The normalized spacial score (nSPS) is 10.8. The monoisotopic (exact) mass is 351 g/mol. The second-order valence-corrected chi connectivity index (χ2v) is 4.89. The number of halogens is 3. The summed E-state index contributed by atoms with van der Waals surface area (Å²) in [6, 6.07) is 6.73. The highest BCUT2D eigenvalue weighted by atomic mass is 19.2. The van der Waals surface area contributed by atoms with E-state index in [0.717, 1.165) is 18.2 Å². The maximum Gasteiger partial charge on any atom is 0.248 e. The molecule has 0 bridgehead atoms. The summed E-state index contributed by atoms with van der Waals surface area (Å²) >= 11 is 0. The lowest BCUT2D eigenvalue weighted by Gasteiger charge is -2.09. The van der Waals surface area contributed by atoms with Crippen LogP contribution < -0.4 is 14.8 Å². The van der Waals surface area contributed by atoms with E-state index in [4.69, 9.17) is 9.47 Å². The Labute approximate surface area is 142 Å². The van der Waals surface area contributed by atoms with Crippen LogP contribution in [0.3, 0.4) is 0 Å². The Kier molecular flexibility index (Phi) is 6.05. The summed E-state index contributed by atoms with van der Waals surface area (Å²) in [7, 11) is 1.49. The SMILES string of the molecule is CCOc1ccc(/C=C/C(=O)Nc2ccc(F)c(F)c2F)cc1OC. The van der Waals surface area contributed by atoms with E-state index in [0.29, 0.717) is 23.7 Å². The van der Waals surface area contributed by atoms with Crippen LogP contribution in [0.25, 0.3) is 6.08 Å². The number of methoxy groups -OCH3 is 1. The Morgan fingerprint density at radius 3 is 2.56 bits per heavy atom. The van der Waals surface area contributed by atoms with Crippen LogP contribution in [-0.2, 0) is 4.79 Å². The zero-order chi connectivity index (χ0) is 18.4. The summed E-state index contributed by atoms with van der Waals surface area (Å²) in [6.45, 7) is 2.32. The number of hydrogen-bond acceptors (Lipinski definition) is 3. The average Bonchev–Trinajstić information content (AvgIpc) is 2.61. The van der Waals surface area contributed by atoms with Crippen molar-refractivity contribution in [2.75, 3.05) is 19.0 Å². The maximum atomic E-state index is 13.5. The van der Waals surface area contributed by atoms with E-state index in [-0.39, 0.29) is 0 Å². The van der Waals surface area contributed by atoms with Gasteiger partial charge in [0.15, 0.2) is 29.0 Å². The van der Waals surface area contributed by atoms with Gasteiger partial charge in [-0.2, -0.15) is 0 Å². The quantitative estimate of drug-likeness (QED) is 0.628. The molecule has 0 fully saturated rings. The fourth-order valence-corrected chi connectivity index (χ4v) is 2.03. The molecule has 2 aromatic rings. The Morgan fingerprint density at radius 1 is 1.12 bits per heavy atom. The van der Waals surface area contributed by atoms with Crippen LogP contribution >= 0.6 is 0 Å². The third-order valence-electron chi connectivity index (χ3n) is 3.21. The van der Waals surface area contributed by atoms with Crippen molar-refractivity contribution in [2.24, 2.45) is 0 Å². The molecule has 2 aromatic carbocycles. The van der Waals surface area contributed by atoms with Gasteiger partial charge in [0.2, 0.25) is 5.91 Å². The van der Waals surface area contributed by atoms with Crippen LogP contribution in [0.5, 0.6) is 11.5 Å². The van der Waals surface area contributed by atoms with Crippen molar-refractivity contribution in [2.45, 2.75) is 6.92 Å². The van der Waals surface area contributed by atoms with E-state index in [1.807, 2.05) is 6.92 Å². The topological polar surface area (TPSA) is 47.6 Å². The molecule has 0 aliphatic rings. The van der Waals surface area contributed by atoms with E-state index in [1.165, 1.54) is 13.2 Å². The van der Waals surface area contributed by atoms with Crippen molar-refractivity contribution < 1.29 is 27.4 Å². The first kappa shape index (κ1) is 18.4. The molecule has 132 valence electrons. The highest BCUT2D eigenvalue weighted by Crippen LogP contribution is 2.28. The van der Waals surface area contributed by atoms with E-state index in [9.17, 15) is 18.0 Å². The van der Waals surface area contributed by atoms with Gasteiger partial charge in [-0.15, -0.1) is 0 Å². The number of ether oxygens (including phenoxy) is 2. The molecule has 0 atom stereocenters. The first-order chi connectivity index (χ1) is 12.0. The largest absolute Gasteiger partial charge is 0.493 e. The van der Waals surface area contributed by atoms with Gasteiger partial charge in [-0.3, -0.25) is 4.79 Å². The second-order valence-electron chi connectivity index (χ2n) is 4.89. The number of carbonyl (C=O) groups excluding carboxylic acids is 1. The molecule has 0 aromatic heterocycles. The van der Waals surface area contributed by atoms with Crippen molar-refractivity contribution in [3.63, 3.8) is 0 Å². The summed E-state index contributed by atoms with van der Waals surface area (Å²) in [4.78, 5) is 11.8. The summed E-state index contributed by atoms with van der Waals surface area (Å²) < 4.78 is 50.1. The van der Waals surface area contributed by atoms with E-state index >= 15 is 0 Å². The van der Waals surface area contributed by atoms with Gasteiger partial charge in [0, 0.05) is 6.08 Å². The third-order valence-corrected chi connectivity index (χ3v) is 3.21. The van der Waals surface area contributed by atoms with E-state index < -0.39 is 29.0 Å². The zero-order valence-corrected chi connectivity index (χ0v) is 13.6. The Bertz CT molecular complexity index is 806. The van der Waals surface area contributed by atoms with E-state index in [1.54, 1.807) is 18.2 Å². The molecule has 1 amide bonds. The summed E-state index contributed by atoms with van der Waals surface area (Å²) in [5, 5.41) is 2.15. The van der Waals surface area contributed by atoms with Gasteiger partial charge in [-0.25, -0.2) is 13.2 Å². The molecule has 0 unspecified atom stereocenters. The molecule has 1 N–H and O–H groups in total. The smallest absolute Gasteiger partial charge is 0.248 e. The van der Waals surface area contributed by atoms with Gasteiger partial charge in [-0.05, 0) is 42.8 Å². The molecule has 0 aliphatic heterocycles. The Hall–Kier alpha value is -2.96. The number of hydrogen-bond donors (Lipinski definition) is 1. The lowest BCUT2D eigenvalue weighted by atomic mass is 10.2. The van der Waals surface area contributed by atoms with E-state index in [2.05, 4.69) is 5.32 Å². The van der Waals surface area contributed by atoms with Crippen molar-refractivity contribution in [1.82, 2.24) is 0 Å². The van der Waals surface area contributed by atoms with Crippen molar-refractivity contribution in [3.8, 4) is 11.5 Å². The number of nitrogens with one attached hydrogen (secondary N) is 1. The van der Waals surface area contributed by atoms with Crippen molar-refractivity contribution in [1.29, 1.82) is 0 Å². The van der Waals surface area contributed by atoms with Gasteiger partial charge in [0.25, 0.3) is 0 Å². The van der Waals surface area contributed by atoms with Gasteiger partial charge < -0.3 is 14.8 Å². The van der Waals surface area contributed by atoms with Gasteiger partial charge in [0.1, 0.15) is 0 Å². The Balaban J connectivity index is 2.11. The molecule has 0 radical (unpaired) electrons. The van der Waals surface area contributed by atoms with Crippen LogP contribution in [0, 0.1) is 17.5 Å². The molecule has 0 spiro atoms. The van der Waals surface area contributed by atoms with Crippen LogP contribution in [0.1, 0.15) is 12.5 Å². The van der Waals surface area contributed by atoms with Crippen LogP contribution in [0.2, 0.25) is 0 Å². The lowest BCUT2D eigenvalue weighted by Crippen LogP contribution is -2.10. The maximum absolute atomic E-state index is 13.5. The van der Waals surface area contributed by atoms with Crippen molar-refractivity contribution >= 4 is 17.7 Å². The molecule has 0 aliphatic carbocycles. The number of amides is 1. The molecule has 4 nitrogen and oxygen atoms in total.